The first kappa shape index (κ1) is 22.5. The fraction of sp³-hybridized carbons (Fsp3) is 0.0400. The predicted molar refractivity (Wildman–Crippen MR) is 127 cm³/mol. The first-order valence-electron chi connectivity index (χ1n) is 9.98. The Kier molecular flexibility index (Phi) is 6.16. The molecule has 0 aliphatic rings. The molecule has 0 N–H and O–H groups in total. The third-order valence-electron chi connectivity index (χ3n) is 5.43. The molecule has 4 aromatic rings. The minimum Gasteiger partial charge on any atom is -0.258 e. The number of hydrogen-bond donors (Lipinski definition) is 0. The van der Waals surface area contributed by atoms with Gasteiger partial charge in [-0.25, -0.2) is 17.8 Å². The number of anilines is 1. The molecule has 4 rings (SSSR count). The summed E-state index contributed by atoms with van der Waals surface area (Å²) >= 11 is 0. The van der Waals surface area contributed by atoms with Crippen molar-refractivity contribution in [1.82, 2.24) is 0 Å². The molecule has 0 aromatic heterocycles. The summed E-state index contributed by atoms with van der Waals surface area (Å²) in [6, 6.07) is 23.8. The molecule has 4 nitrogen and oxygen atoms in total. The van der Waals surface area contributed by atoms with Gasteiger partial charge in [0, 0.05) is 37.4 Å². The zero-order chi connectivity index (χ0) is 23.6. The van der Waals surface area contributed by atoms with E-state index in [2.05, 4.69) is 0 Å². The van der Waals surface area contributed by atoms with E-state index in [1.807, 2.05) is 4.67 Å². The van der Waals surface area contributed by atoms with Crippen molar-refractivity contribution in [3.63, 3.8) is 0 Å². The second kappa shape index (κ2) is 9.04. The lowest BCUT2D eigenvalue weighted by atomic mass is 10.3. The number of nitro benzene ring substituents is 1. The van der Waals surface area contributed by atoms with Gasteiger partial charge in [-0.05, 0) is 48.5 Å². The maximum atomic E-state index is 14.5. The van der Waals surface area contributed by atoms with E-state index in [1.54, 1.807) is 55.6 Å². The third-order valence-corrected chi connectivity index (χ3v) is 9.64. The molecule has 0 heterocycles. The largest absolute Gasteiger partial charge is 0.269 e. The highest BCUT2D eigenvalue weighted by Crippen LogP contribution is 2.59. The SMILES string of the molecule is CN(c1ccc([N+](=O)[O-])cc1)[P+](c1cccc(F)c1)(c1cccc(F)c1)c1cccc(F)c1. The second-order valence-corrected chi connectivity index (χ2v) is 10.8. The minimum atomic E-state index is -3.04. The van der Waals surface area contributed by atoms with Crippen LogP contribution in [-0.4, -0.2) is 12.0 Å². The molecule has 0 fully saturated rings. The Morgan fingerprint density at radius 3 is 1.42 bits per heavy atom. The predicted octanol–water partition coefficient (Wildman–Crippen LogP) is 5.36. The van der Waals surface area contributed by atoms with Crippen molar-refractivity contribution in [1.29, 1.82) is 0 Å². The molecule has 0 saturated carbocycles. The first-order valence-corrected chi connectivity index (χ1v) is 11.7. The van der Waals surface area contributed by atoms with Crippen LogP contribution in [0, 0.1) is 27.6 Å². The van der Waals surface area contributed by atoms with Gasteiger partial charge in [0.1, 0.15) is 33.4 Å². The molecule has 0 radical (unpaired) electrons. The van der Waals surface area contributed by atoms with Crippen molar-refractivity contribution in [3.8, 4) is 0 Å². The summed E-state index contributed by atoms with van der Waals surface area (Å²) in [5.74, 6) is -1.45. The number of nitrogens with zero attached hydrogens (tertiary/aromatic N) is 2. The maximum absolute atomic E-state index is 14.5. The van der Waals surface area contributed by atoms with Gasteiger partial charge in [-0.2, -0.15) is 0 Å². The van der Waals surface area contributed by atoms with Crippen molar-refractivity contribution >= 4 is 34.7 Å². The van der Waals surface area contributed by atoms with Crippen LogP contribution in [0.1, 0.15) is 0 Å². The molecule has 4 aromatic carbocycles. The average molecular weight is 467 g/mol. The van der Waals surface area contributed by atoms with E-state index in [0.717, 1.165) is 0 Å². The van der Waals surface area contributed by atoms with Gasteiger partial charge < -0.3 is 0 Å². The Bertz CT molecular complexity index is 1200. The third kappa shape index (κ3) is 4.20. The van der Waals surface area contributed by atoms with Crippen LogP contribution in [0.25, 0.3) is 0 Å². The maximum Gasteiger partial charge on any atom is 0.269 e. The normalized spacial score (nSPS) is 11.3. The van der Waals surface area contributed by atoms with Gasteiger partial charge in [0.05, 0.1) is 10.6 Å². The highest BCUT2D eigenvalue weighted by atomic mass is 31.2. The Morgan fingerprint density at radius 2 is 1.09 bits per heavy atom. The van der Waals surface area contributed by atoms with Crippen LogP contribution >= 0.6 is 7.41 Å². The second-order valence-electron chi connectivity index (χ2n) is 7.37. The highest BCUT2D eigenvalue weighted by molar-refractivity contribution is 7.96. The molecule has 0 spiro atoms. The lowest BCUT2D eigenvalue weighted by Crippen LogP contribution is -2.42. The fourth-order valence-electron chi connectivity index (χ4n) is 3.96. The van der Waals surface area contributed by atoms with Crippen LogP contribution in [0.4, 0.5) is 24.5 Å². The minimum absolute atomic E-state index is 0.0849. The van der Waals surface area contributed by atoms with E-state index >= 15 is 0 Å². The number of non-ortho nitro benzene ring substituents is 1. The summed E-state index contributed by atoms with van der Waals surface area (Å²) in [4.78, 5) is 10.6. The molecule has 0 saturated heterocycles. The Labute approximate surface area is 189 Å². The van der Waals surface area contributed by atoms with Crippen molar-refractivity contribution in [2.75, 3.05) is 11.7 Å². The smallest absolute Gasteiger partial charge is 0.258 e. The van der Waals surface area contributed by atoms with E-state index < -0.39 is 29.8 Å². The fourth-order valence-corrected chi connectivity index (χ4v) is 8.21. The molecule has 0 atom stereocenters. The number of nitro groups is 1. The van der Waals surface area contributed by atoms with Crippen LogP contribution in [-0.2, 0) is 0 Å². The monoisotopic (exact) mass is 467 g/mol. The molecule has 0 unspecified atom stereocenters. The number of rotatable bonds is 6. The summed E-state index contributed by atoms with van der Waals surface area (Å²) in [6.45, 7) is 0. The van der Waals surface area contributed by atoms with Gasteiger partial charge in [-0.1, -0.05) is 18.2 Å². The molecule has 0 amide bonds. The summed E-state index contributed by atoms with van der Waals surface area (Å²) in [6.07, 6.45) is 0. The highest BCUT2D eigenvalue weighted by Gasteiger charge is 2.51. The Balaban J connectivity index is 2.07. The molecule has 0 aliphatic carbocycles. The number of hydrogen-bond acceptors (Lipinski definition) is 3. The van der Waals surface area contributed by atoms with Crippen LogP contribution in [0.2, 0.25) is 0 Å². The van der Waals surface area contributed by atoms with E-state index in [0.29, 0.717) is 21.6 Å². The molecule has 166 valence electrons. The first-order chi connectivity index (χ1) is 15.8. The van der Waals surface area contributed by atoms with Crippen molar-refractivity contribution < 1.29 is 18.1 Å². The van der Waals surface area contributed by atoms with Gasteiger partial charge in [0.25, 0.3) is 5.69 Å². The van der Waals surface area contributed by atoms with Crippen molar-refractivity contribution in [2.45, 2.75) is 0 Å². The molecular formula is C25H19F3N2O2P+. The van der Waals surface area contributed by atoms with E-state index in [-0.39, 0.29) is 5.69 Å². The summed E-state index contributed by atoms with van der Waals surface area (Å²) in [5.41, 5.74) is 0.491. The molecule has 0 bridgehead atoms. The lowest BCUT2D eigenvalue weighted by molar-refractivity contribution is -0.384. The Hall–Kier alpha value is -3.70. The van der Waals surface area contributed by atoms with E-state index in [4.69, 9.17) is 0 Å². The van der Waals surface area contributed by atoms with Gasteiger partial charge in [0.2, 0.25) is 7.41 Å². The van der Waals surface area contributed by atoms with Crippen LogP contribution in [0.3, 0.4) is 0 Å². The molecule has 8 heteroatoms. The van der Waals surface area contributed by atoms with Gasteiger partial charge in [-0.15, -0.1) is 0 Å². The summed E-state index contributed by atoms with van der Waals surface area (Å²) in [7, 11) is -1.30. The zero-order valence-corrected chi connectivity index (χ0v) is 18.4. The number of halogens is 3. The van der Waals surface area contributed by atoms with Gasteiger partial charge in [-0.3, -0.25) is 10.1 Å². The van der Waals surface area contributed by atoms with Crippen molar-refractivity contribution in [3.05, 3.63) is 125 Å². The lowest BCUT2D eigenvalue weighted by Gasteiger charge is -2.35. The molecule has 0 aliphatic heterocycles. The van der Waals surface area contributed by atoms with Crippen LogP contribution in [0.15, 0.2) is 97.1 Å². The van der Waals surface area contributed by atoms with Crippen LogP contribution < -0.4 is 20.6 Å². The summed E-state index contributed by atoms with van der Waals surface area (Å²) in [5, 5.41) is 12.8. The van der Waals surface area contributed by atoms with Crippen LogP contribution in [0.5, 0.6) is 0 Å². The molecular weight excluding hydrogens is 448 g/mol. The van der Waals surface area contributed by atoms with E-state index in [9.17, 15) is 23.3 Å². The van der Waals surface area contributed by atoms with Gasteiger partial charge >= 0.3 is 0 Å². The summed E-state index contributed by atoms with van der Waals surface area (Å²) < 4.78 is 45.3. The zero-order valence-electron chi connectivity index (χ0n) is 17.5. The average Bonchev–Trinajstić information content (AvgIpc) is 2.80. The van der Waals surface area contributed by atoms with Gasteiger partial charge in [0.15, 0.2) is 0 Å². The van der Waals surface area contributed by atoms with Crippen molar-refractivity contribution in [2.24, 2.45) is 0 Å². The van der Waals surface area contributed by atoms with E-state index in [1.165, 1.54) is 48.5 Å². The quantitative estimate of drug-likeness (QED) is 0.218. The Morgan fingerprint density at radius 1 is 0.697 bits per heavy atom. The topological polar surface area (TPSA) is 46.4 Å². The number of benzene rings is 4. The molecule has 33 heavy (non-hydrogen) atoms. The standard InChI is InChI=1S/C25H19F3N2O2P/c1-29(21-11-13-22(14-12-21)30(31)32)33(23-8-2-5-18(26)15-23,24-9-3-6-19(27)16-24)25-10-4-7-20(28)17-25/h2-17H,1H3/q+1.